The van der Waals surface area contributed by atoms with E-state index in [1.54, 1.807) is 0 Å². The largest absolute Gasteiger partial charge is 0.394 e. The van der Waals surface area contributed by atoms with E-state index in [2.05, 4.69) is 39.1 Å². The van der Waals surface area contributed by atoms with Crippen LogP contribution in [0.2, 0.25) is 0 Å². The van der Waals surface area contributed by atoms with Crippen molar-refractivity contribution in [3.05, 3.63) is 11.6 Å². The van der Waals surface area contributed by atoms with Crippen LogP contribution in [0.4, 0.5) is 0 Å². The SMILES string of the molecule is C[C@@H]1CC[C@@]2(NC1)O[C@H]1C[C@H]3[C@@H]4CC=C5C[C@@H](OC6O[C@H](CO)[C@@H](O[C@@H]7O[C@@H](C)[C@H](O)[C@@H](O)[C@H]7O[C@@H]7OC[C@@H](O)[C@H](O)[C@H]7O)[C@H](O)[C@H]6O[C@@H]6O[C@@H](C)[C@H](O)[C@@H](O)[C@H]6O)CC[C@]5(C)[C@H]4CC[C@]3(C)[C@H]1[C@@H]2C. The first kappa shape index (κ1) is 52.4. The van der Waals surface area contributed by atoms with Crippen LogP contribution in [0, 0.1) is 46.3 Å². The zero-order valence-electron chi connectivity index (χ0n) is 41.3. The fourth-order valence-electron chi connectivity index (χ4n) is 15.3. The Morgan fingerprint density at radius 2 is 1.31 bits per heavy atom. The quantitative estimate of drug-likeness (QED) is 0.127. The molecule has 0 radical (unpaired) electrons. The van der Waals surface area contributed by atoms with Gasteiger partial charge < -0.3 is 93.7 Å². The Morgan fingerprint density at radius 1 is 0.657 bits per heavy atom. The molecule has 4 aliphatic carbocycles. The summed E-state index contributed by atoms with van der Waals surface area (Å²) in [5.74, 6) is 3.25. The Morgan fingerprint density at radius 3 is 2.03 bits per heavy atom. The minimum absolute atomic E-state index is 0.0520. The summed E-state index contributed by atoms with van der Waals surface area (Å²) in [4.78, 5) is 0. The Bertz CT molecular complexity index is 1860. The van der Waals surface area contributed by atoms with Gasteiger partial charge in [0, 0.05) is 12.5 Å². The van der Waals surface area contributed by atoms with Gasteiger partial charge in [-0.3, -0.25) is 5.32 Å². The molecule has 10 aliphatic rings. The molecule has 6 heterocycles. The van der Waals surface area contributed by atoms with Gasteiger partial charge in [-0.05, 0) is 112 Å². The van der Waals surface area contributed by atoms with Gasteiger partial charge in [0.2, 0.25) is 0 Å². The molecule has 30 atom stereocenters. The number of aliphatic hydroxyl groups is 10. The molecule has 11 N–H and O–H groups in total. The fourth-order valence-corrected chi connectivity index (χ4v) is 15.3. The van der Waals surface area contributed by atoms with Crippen LogP contribution in [0.25, 0.3) is 0 Å². The van der Waals surface area contributed by atoms with Gasteiger partial charge in [0.05, 0.1) is 37.6 Å². The van der Waals surface area contributed by atoms with Gasteiger partial charge >= 0.3 is 0 Å². The van der Waals surface area contributed by atoms with E-state index < -0.39 is 136 Å². The average Bonchev–Trinajstić information content (AvgIpc) is 3.78. The molecule has 20 nitrogen and oxygen atoms in total. The molecule has 1 spiro atoms. The first-order valence-corrected chi connectivity index (χ1v) is 26.2. The first-order chi connectivity index (χ1) is 33.2. The number of fused-ring (bicyclic) bond motifs is 7. The summed E-state index contributed by atoms with van der Waals surface area (Å²) in [6.45, 7) is 12.5. The van der Waals surface area contributed by atoms with Gasteiger partial charge in [0.1, 0.15) is 85.1 Å². The highest BCUT2D eigenvalue weighted by molar-refractivity contribution is 5.27. The number of rotatable bonds is 9. The predicted molar refractivity (Wildman–Crippen MR) is 241 cm³/mol. The Balaban J connectivity index is 0.865. The maximum atomic E-state index is 12.3. The molecule has 70 heavy (non-hydrogen) atoms. The molecule has 9 fully saturated rings. The highest BCUT2D eigenvalue weighted by Gasteiger charge is 2.68. The Kier molecular flexibility index (Phi) is 14.8. The smallest absolute Gasteiger partial charge is 0.187 e. The zero-order chi connectivity index (χ0) is 49.9. The third-order valence-electron chi connectivity index (χ3n) is 19.6. The van der Waals surface area contributed by atoms with E-state index in [0.717, 1.165) is 38.6 Å². The second-order valence-electron chi connectivity index (χ2n) is 23.6. The lowest BCUT2D eigenvalue weighted by Gasteiger charge is -2.59. The molecule has 3 saturated carbocycles. The summed E-state index contributed by atoms with van der Waals surface area (Å²) in [7, 11) is 0. The van der Waals surface area contributed by atoms with Crippen LogP contribution in [0.3, 0.4) is 0 Å². The standard InChI is InChI=1S/C50H81NO19/c1-20-9-14-50(51-17-20)21(2)32-30(70-50)16-28-26-8-7-24-15-25(10-12-48(24,5)27(26)11-13-49(28,32)6)65-47-43(69-45-39(60)36(57)33(54)22(3)63-45)40(61)41(31(18-52)66-47)67-46-42(37(58)34(55)23(4)64-46)68-44-38(59)35(56)29(53)19-62-44/h7,20-23,25-47,51-61H,8-19H2,1-6H3/t20-,21+,22+,23+,25+,26-,27+,28+,29-,30+,31-,32+,33+,34+,35+,36-,37-,38-,39-,40+,41-,42-,43-,44+,45+,46+,47?,48+,49+,50-/m1/s1. The second-order valence-corrected chi connectivity index (χ2v) is 23.6. The van der Waals surface area contributed by atoms with Crippen LogP contribution >= 0.6 is 0 Å². The van der Waals surface area contributed by atoms with Crippen LogP contribution in [0.1, 0.15) is 99.3 Å². The molecule has 0 aromatic heterocycles. The molecule has 400 valence electrons. The Hall–Kier alpha value is -1.06. The van der Waals surface area contributed by atoms with Crippen molar-refractivity contribution in [3.63, 3.8) is 0 Å². The highest BCUT2D eigenvalue weighted by Crippen LogP contribution is 2.70. The molecule has 10 rings (SSSR count). The Labute approximate surface area is 409 Å². The topological polar surface area (TPSA) is 297 Å². The van der Waals surface area contributed by atoms with Crippen LogP contribution in [-0.2, 0) is 42.6 Å². The molecular weight excluding hydrogens is 919 g/mol. The van der Waals surface area contributed by atoms with Crippen molar-refractivity contribution in [3.8, 4) is 0 Å². The number of nitrogens with one attached hydrogen (secondary N) is 1. The van der Waals surface area contributed by atoms with Crippen molar-refractivity contribution in [1.29, 1.82) is 0 Å². The molecular formula is C50H81NO19. The van der Waals surface area contributed by atoms with Crippen LogP contribution in [0.15, 0.2) is 11.6 Å². The van der Waals surface area contributed by atoms with E-state index in [9.17, 15) is 51.1 Å². The molecule has 1 unspecified atom stereocenters. The number of piperidine rings is 1. The number of aliphatic hydroxyl groups excluding tert-OH is 10. The summed E-state index contributed by atoms with van der Waals surface area (Å²) >= 11 is 0. The minimum atomic E-state index is -1.78. The molecule has 6 saturated heterocycles. The van der Waals surface area contributed by atoms with Crippen LogP contribution in [0.5, 0.6) is 0 Å². The summed E-state index contributed by atoms with van der Waals surface area (Å²) in [5.41, 5.74) is 1.27. The van der Waals surface area contributed by atoms with Crippen molar-refractivity contribution in [1.82, 2.24) is 5.32 Å². The molecule has 20 heteroatoms. The van der Waals surface area contributed by atoms with Crippen molar-refractivity contribution in [2.75, 3.05) is 19.8 Å². The maximum absolute atomic E-state index is 12.3. The lowest BCUT2D eigenvalue weighted by molar-refractivity contribution is -0.397. The third-order valence-corrected chi connectivity index (χ3v) is 19.6. The van der Waals surface area contributed by atoms with Crippen molar-refractivity contribution < 1.29 is 93.7 Å². The average molecular weight is 1000 g/mol. The lowest BCUT2D eigenvalue weighted by Crippen LogP contribution is -2.67. The summed E-state index contributed by atoms with van der Waals surface area (Å²) in [5, 5.41) is 112. The molecule has 0 aromatic rings. The van der Waals surface area contributed by atoms with Gasteiger partial charge in [-0.1, -0.05) is 39.3 Å². The maximum Gasteiger partial charge on any atom is 0.187 e. The van der Waals surface area contributed by atoms with Crippen LogP contribution < -0.4 is 5.32 Å². The monoisotopic (exact) mass is 1000 g/mol. The second kappa shape index (κ2) is 19.8. The van der Waals surface area contributed by atoms with E-state index >= 15 is 0 Å². The first-order valence-electron chi connectivity index (χ1n) is 26.2. The lowest BCUT2D eigenvalue weighted by atomic mass is 9.47. The molecule has 0 amide bonds. The van der Waals surface area contributed by atoms with Crippen molar-refractivity contribution in [2.45, 2.75) is 234 Å². The van der Waals surface area contributed by atoms with E-state index in [1.807, 2.05) is 0 Å². The third kappa shape index (κ3) is 8.79. The molecule has 0 aromatic carbocycles. The normalized spacial score (nSPS) is 58.0. The number of allylic oxidation sites excluding steroid dienone is 1. The summed E-state index contributed by atoms with van der Waals surface area (Å²) < 4.78 is 55.9. The van der Waals surface area contributed by atoms with Crippen molar-refractivity contribution in [2.24, 2.45) is 46.3 Å². The van der Waals surface area contributed by atoms with Crippen molar-refractivity contribution >= 4 is 0 Å². The number of hydrogen-bond donors (Lipinski definition) is 11. The van der Waals surface area contributed by atoms with E-state index in [4.69, 9.17) is 42.6 Å². The predicted octanol–water partition coefficient (Wildman–Crippen LogP) is -0.722. The number of hydrogen-bond acceptors (Lipinski definition) is 20. The van der Waals surface area contributed by atoms with Gasteiger partial charge in [0.15, 0.2) is 25.2 Å². The van der Waals surface area contributed by atoms with E-state index in [-0.39, 0.29) is 22.7 Å². The number of ether oxygens (including phenoxy) is 9. The minimum Gasteiger partial charge on any atom is -0.394 e. The van der Waals surface area contributed by atoms with Gasteiger partial charge in [0.25, 0.3) is 0 Å². The van der Waals surface area contributed by atoms with Gasteiger partial charge in [-0.25, -0.2) is 0 Å². The highest BCUT2D eigenvalue weighted by atomic mass is 16.8. The molecule has 0 bridgehead atoms. The summed E-state index contributed by atoms with van der Waals surface area (Å²) in [6.07, 6.45) is -18.0. The fraction of sp³-hybridized carbons (Fsp3) is 0.960. The van der Waals surface area contributed by atoms with Gasteiger partial charge in [-0.2, -0.15) is 0 Å². The van der Waals surface area contributed by atoms with Gasteiger partial charge in [-0.15, -0.1) is 0 Å². The summed E-state index contributed by atoms with van der Waals surface area (Å²) in [6, 6.07) is 0. The van der Waals surface area contributed by atoms with Crippen LogP contribution in [-0.4, -0.2) is 205 Å². The van der Waals surface area contributed by atoms with E-state index in [0.29, 0.717) is 48.3 Å². The molecule has 6 aliphatic heterocycles. The van der Waals surface area contributed by atoms with E-state index in [1.165, 1.54) is 32.3 Å². The zero-order valence-corrected chi connectivity index (χ0v) is 41.3.